The van der Waals surface area contributed by atoms with Gasteiger partial charge < -0.3 is 14.9 Å². The minimum atomic E-state index is -0.632. The smallest absolute Gasteiger partial charge is 0.169 e. The van der Waals surface area contributed by atoms with E-state index in [1.807, 2.05) is 24.3 Å². The molecule has 2 aliphatic rings. The maximum absolute atomic E-state index is 12.3. The summed E-state index contributed by atoms with van der Waals surface area (Å²) < 4.78 is 5.69. The summed E-state index contributed by atoms with van der Waals surface area (Å²) in [6.45, 7) is 0. The highest BCUT2D eigenvalue weighted by atomic mass is 16.5. The maximum atomic E-state index is 12.3. The van der Waals surface area contributed by atoms with Gasteiger partial charge in [-0.05, 0) is 55.2 Å². The van der Waals surface area contributed by atoms with Crippen molar-refractivity contribution in [2.75, 3.05) is 0 Å². The van der Waals surface area contributed by atoms with E-state index in [-0.39, 0.29) is 23.7 Å². The van der Waals surface area contributed by atoms with Crippen molar-refractivity contribution in [3.05, 3.63) is 53.6 Å². The zero-order valence-corrected chi connectivity index (χ0v) is 12.9. The molecule has 0 fully saturated rings. The van der Waals surface area contributed by atoms with Crippen molar-refractivity contribution < 1.29 is 19.7 Å². The minimum Gasteiger partial charge on any atom is -0.504 e. The second kappa shape index (κ2) is 6.84. The number of ketones is 1. The normalized spacial score (nSPS) is 18.8. The summed E-state index contributed by atoms with van der Waals surface area (Å²) in [4.78, 5) is 12.3. The number of fused-ring (bicyclic) bond motifs is 8. The number of hydrogen-bond acceptors (Lipinski definition) is 4. The molecule has 0 saturated carbocycles. The number of Topliss-reactive ketones (excluding diaryl/α,β-unsaturated/α-hetero) is 1. The number of ether oxygens (including phenoxy) is 1. The molecule has 4 bridgehead atoms. The number of phenols is 1. The van der Waals surface area contributed by atoms with E-state index in [9.17, 15) is 15.0 Å². The zero-order valence-electron chi connectivity index (χ0n) is 12.9. The third-order valence-corrected chi connectivity index (χ3v) is 4.11. The van der Waals surface area contributed by atoms with Crippen molar-refractivity contribution in [1.82, 2.24) is 0 Å². The Morgan fingerprint density at radius 2 is 1.83 bits per heavy atom. The third kappa shape index (κ3) is 3.90. The Labute approximate surface area is 135 Å². The molecule has 1 atom stereocenters. The first-order chi connectivity index (χ1) is 11.1. The molecule has 0 spiro atoms. The number of benzene rings is 2. The maximum Gasteiger partial charge on any atom is 0.169 e. The highest BCUT2D eigenvalue weighted by Gasteiger charge is 2.16. The standard InChI is InChI=1S/C19H20O4/c20-15-4-2-1-3-13-5-8-16(9-6-13)23-19-11-14(18(22)12-15)7-10-17(19)21/h5-11,15,20-21H,1-4,12H2/t15-/m0/s1. The summed E-state index contributed by atoms with van der Waals surface area (Å²) in [6, 6.07) is 12.2. The van der Waals surface area contributed by atoms with Gasteiger partial charge >= 0.3 is 0 Å². The molecule has 2 aromatic rings. The number of carbonyl (C=O) groups is 1. The molecule has 4 nitrogen and oxygen atoms in total. The van der Waals surface area contributed by atoms with Gasteiger partial charge in [0.05, 0.1) is 6.10 Å². The van der Waals surface area contributed by atoms with Crippen LogP contribution < -0.4 is 4.74 Å². The van der Waals surface area contributed by atoms with Crippen LogP contribution in [0.3, 0.4) is 0 Å². The molecular formula is C19H20O4. The lowest BCUT2D eigenvalue weighted by Crippen LogP contribution is -2.13. The molecule has 120 valence electrons. The fourth-order valence-electron chi connectivity index (χ4n) is 2.76. The molecule has 2 N–H and O–H groups in total. The average Bonchev–Trinajstić information content (AvgIpc) is 2.54. The molecular weight excluding hydrogens is 292 g/mol. The van der Waals surface area contributed by atoms with Gasteiger partial charge in [-0.2, -0.15) is 0 Å². The first kappa shape index (κ1) is 15.6. The van der Waals surface area contributed by atoms with Crippen LogP contribution in [-0.2, 0) is 6.42 Å². The Bertz CT molecular complexity index is 691. The predicted molar refractivity (Wildman–Crippen MR) is 87.1 cm³/mol. The average molecular weight is 312 g/mol. The summed E-state index contributed by atoms with van der Waals surface area (Å²) in [5.74, 6) is 0.694. The molecule has 0 amide bonds. The molecule has 0 unspecified atom stereocenters. The van der Waals surface area contributed by atoms with E-state index < -0.39 is 6.10 Å². The second-order valence-electron chi connectivity index (χ2n) is 5.96. The van der Waals surface area contributed by atoms with Crippen molar-refractivity contribution >= 4 is 5.78 Å². The number of aromatic hydroxyl groups is 1. The van der Waals surface area contributed by atoms with Crippen LogP contribution in [-0.4, -0.2) is 22.1 Å². The van der Waals surface area contributed by atoms with Gasteiger partial charge in [0.25, 0.3) is 0 Å². The van der Waals surface area contributed by atoms with Crippen LogP contribution in [0.4, 0.5) is 0 Å². The first-order valence-corrected chi connectivity index (χ1v) is 7.93. The molecule has 4 rings (SSSR count). The topological polar surface area (TPSA) is 66.8 Å². The largest absolute Gasteiger partial charge is 0.504 e. The molecule has 0 aliphatic carbocycles. The lowest BCUT2D eigenvalue weighted by molar-refractivity contribution is 0.0864. The first-order valence-electron chi connectivity index (χ1n) is 7.93. The van der Waals surface area contributed by atoms with Crippen molar-refractivity contribution in [1.29, 1.82) is 0 Å². The van der Waals surface area contributed by atoms with Crippen molar-refractivity contribution in [3.8, 4) is 17.2 Å². The van der Waals surface area contributed by atoms with Crippen LogP contribution in [0.2, 0.25) is 0 Å². The zero-order chi connectivity index (χ0) is 16.2. The van der Waals surface area contributed by atoms with Crippen molar-refractivity contribution in [2.45, 2.75) is 38.2 Å². The van der Waals surface area contributed by atoms with Gasteiger partial charge in [0.1, 0.15) is 5.75 Å². The Kier molecular flexibility index (Phi) is 4.63. The van der Waals surface area contributed by atoms with Gasteiger partial charge in [-0.3, -0.25) is 4.79 Å². The monoisotopic (exact) mass is 312 g/mol. The van der Waals surface area contributed by atoms with Crippen LogP contribution in [0.25, 0.3) is 0 Å². The second-order valence-corrected chi connectivity index (χ2v) is 5.96. The van der Waals surface area contributed by atoms with Gasteiger partial charge in [-0.25, -0.2) is 0 Å². The highest BCUT2D eigenvalue weighted by molar-refractivity contribution is 5.97. The number of hydrogen-bond donors (Lipinski definition) is 2. The molecule has 2 aromatic carbocycles. The summed E-state index contributed by atoms with van der Waals surface area (Å²) in [7, 11) is 0. The number of carbonyl (C=O) groups excluding carboxylic acids is 1. The molecule has 0 saturated heterocycles. The van der Waals surface area contributed by atoms with Crippen LogP contribution in [0, 0.1) is 0 Å². The SMILES string of the molecule is O=C1C[C@@H](O)CCCCc2ccc(cc2)Oc2cc1ccc2O. The highest BCUT2D eigenvalue weighted by Crippen LogP contribution is 2.32. The summed E-state index contributed by atoms with van der Waals surface area (Å²) in [5, 5.41) is 20.0. The fourth-order valence-corrected chi connectivity index (χ4v) is 2.76. The predicted octanol–water partition coefficient (Wildman–Crippen LogP) is 3.84. The van der Waals surface area contributed by atoms with Crippen LogP contribution in [0.1, 0.15) is 41.6 Å². The van der Waals surface area contributed by atoms with E-state index in [2.05, 4.69) is 0 Å². The molecule has 4 heteroatoms. The Morgan fingerprint density at radius 1 is 1.04 bits per heavy atom. The number of phenolic OH excluding ortho intramolecular Hbond substituents is 1. The van der Waals surface area contributed by atoms with Gasteiger partial charge in [0.2, 0.25) is 0 Å². The summed E-state index contributed by atoms with van der Waals surface area (Å²) in [6.07, 6.45) is 2.86. The lowest BCUT2D eigenvalue weighted by Gasteiger charge is -2.11. The van der Waals surface area contributed by atoms with Gasteiger partial charge in [0.15, 0.2) is 17.3 Å². The van der Waals surface area contributed by atoms with Crippen molar-refractivity contribution in [2.24, 2.45) is 0 Å². The molecule has 0 radical (unpaired) electrons. The number of rotatable bonds is 0. The van der Waals surface area contributed by atoms with E-state index >= 15 is 0 Å². The molecule has 2 heterocycles. The molecule has 2 aliphatic heterocycles. The third-order valence-electron chi connectivity index (χ3n) is 4.11. The van der Waals surface area contributed by atoms with Gasteiger partial charge in [-0.15, -0.1) is 0 Å². The number of aryl methyl sites for hydroxylation is 1. The Hall–Kier alpha value is -2.33. The summed E-state index contributed by atoms with van der Waals surface area (Å²) in [5.41, 5.74) is 1.64. The van der Waals surface area contributed by atoms with E-state index in [0.29, 0.717) is 17.7 Å². The van der Waals surface area contributed by atoms with Crippen molar-refractivity contribution in [3.63, 3.8) is 0 Å². The number of aliphatic hydroxyl groups is 1. The minimum absolute atomic E-state index is 0.0181. The van der Waals surface area contributed by atoms with Gasteiger partial charge in [-0.1, -0.05) is 18.6 Å². The van der Waals surface area contributed by atoms with E-state index in [0.717, 1.165) is 19.3 Å². The van der Waals surface area contributed by atoms with Crippen LogP contribution in [0.5, 0.6) is 17.2 Å². The molecule has 0 aromatic heterocycles. The van der Waals surface area contributed by atoms with Crippen LogP contribution in [0.15, 0.2) is 42.5 Å². The van der Waals surface area contributed by atoms with Crippen LogP contribution >= 0.6 is 0 Å². The van der Waals surface area contributed by atoms with Gasteiger partial charge in [0, 0.05) is 12.0 Å². The molecule has 23 heavy (non-hydrogen) atoms. The van der Waals surface area contributed by atoms with E-state index in [1.165, 1.54) is 17.7 Å². The fraction of sp³-hybridized carbons (Fsp3) is 0.316. The van der Waals surface area contributed by atoms with E-state index in [4.69, 9.17) is 4.74 Å². The van der Waals surface area contributed by atoms with E-state index in [1.54, 1.807) is 6.07 Å². The lowest BCUT2D eigenvalue weighted by atomic mass is 10.00. The quantitative estimate of drug-likeness (QED) is 0.775. The summed E-state index contributed by atoms with van der Waals surface area (Å²) >= 11 is 0. The Balaban J connectivity index is 1.94. The number of aliphatic hydroxyl groups excluding tert-OH is 1. The Morgan fingerprint density at radius 3 is 2.61 bits per heavy atom.